The molecule has 9 nitrogen and oxygen atoms in total. The molecule has 1 amide bonds. The van der Waals surface area contributed by atoms with Crippen LogP contribution in [0.2, 0.25) is 0 Å². The van der Waals surface area contributed by atoms with Crippen molar-refractivity contribution < 1.29 is 22.9 Å². The zero-order chi connectivity index (χ0) is 21.7. The van der Waals surface area contributed by atoms with Gasteiger partial charge in [0.05, 0.1) is 6.54 Å². The molecule has 12 heteroatoms. The van der Waals surface area contributed by atoms with Gasteiger partial charge in [-0.05, 0) is 31.6 Å². The van der Waals surface area contributed by atoms with E-state index >= 15 is 0 Å². The van der Waals surface area contributed by atoms with E-state index in [-0.39, 0.29) is 42.4 Å². The van der Waals surface area contributed by atoms with Crippen LogP contribution in [0, 0.1) is 16.0 Å². The van der Waals surface area contributed by atoms with Gasteiger partial charge in [0.1, 0.15) is 11.4 Å². The van der Waals surface area contributed by atoms with Crippen molar-refractivity contribution in [2.24, 2.45) is 5.92 Å². The summed E-state index contributed by atoms with van der Waals surface area (Å²) in [7, 11) is 0. The number of alkyl halides is 3. The molecule has 0 bridgehead atoms. The first-order chi connectivity index (χ1) is 14.1. The van der Waals surface area contributed by atoms with Gasteiger partial charge in [-0.1, -0.05) is 6.92 Å². The molecule has 2 aliphatic heterocycles. The summed E-state index contributed by atoms with van der Waals surface area (Å²) in [6, 6.07) is 0.0970. The second-order valence-electron chi connectivity index (χ2n) is 8.82. The van der Waals surface area contributed by atoms with Crippen molar-refractivity contribution in [3.05, 3.63) is 21.8 Å². The number of hydrogen-bond acceptors (Lipinski definition) is 6. The van der Waals surface area contributed by atoms with Crippen molar-refractivity contribution >= 4 is 5.91 Å². The third kappa shape index (κ3) is 3.77. The van der Waals surface area contributed by atoms with Gasteiger partial charge < -0.3 is 9.47 Å². The summed E-state index contributed by atoms with van der Waals surface area (Å²) >= 11 is 0. The first-order valence-corrected chi connectivity index (χ1v) is 10.2. The van der Waals surface area contributed by atoms with Crippen LogP contribution in [0.5, 0.6) is 0 Å². The van der Waals surface area contributed by atoms with Crippen molar-refractivity contribution in [3.8, 4) is 0 Å². The molecule has 1 aliphatic carbocycles. The van der Waals surface area contributed by atoms with Gasteiger partial charge in [-0.3, -0.25) is 19.8 Å². The molecule has 0 radical (unpaired) electrons. The van der Waals surface area contributed by atoms with Crippen molar-refractivity contribution in [2.45, 2.75) is 69.9 Å². The summed E-state index contributed by atoms with van der Waals surface area (Å²) in [4.78, 5) is 27.3. The Morgan fingerprint density at radius 1 is 1.23 bits per heavy atom. The number of hydrogen-bond donors (Lipinski definition) is 0. The van der Waals surface area contributed by atoms with Crippen molar-refractivity contribution in [2.75, 3.05) is 19.6 Å². The highest BCUT2D eigenvalue weighted by Gasteiger charge is 2.50. The number of fused-ring (bicyclic) bond motifs is 1. The van der Waals surface area contributed by atoms with Gasteiger partial charge >= 0.3 is 6.18 Å². The number of nitro groups is 1. The van der Waals surface area contributed by atoms with Gasteiger partial charge in [-0.15, -0.1) is 10.2 Å². The molecule has 2 fully saturated rings. The highest BCUT2D eigenvalue weighted by molar-refractivity contribution is 5.79. The van der Waals surface area contributed by atoms with E-state index in [1.165, 1.54) is 0 Å². The van der Waals surface area contributed by atoms with E-state index in [1.54, 1.807) is 4.90 Å². The smallest absolute Gasteiger partial charge is 0.330 e. The molecule has 3 heterocycles. The predicted octanol–water partition coefficient (Wildman–Crippen LogP) is 1.94. The van der Waals surface area contributed by atoms with E-state index in [4.69, 9.17) is 0 Å². The largest absolute Gasteiger partial charge is 0.451 e. The fourth-order valence-electron chi connectivity index (χ4n) is 5.30. The Balaban J connectivity index is 1.45. The first kappa shape index (κ1) is 21.0. The van der Waals surface area contributed by atoms with E-state index < -0.39 is 17.5 Å². The lowest BCUT2D eigenvalue weighted by atomic mass is 9.77. The molecule has 1 saturated heterocycles. The molecule has 1 aromatic heterocycles. The number of nitrogens with zero attached hydrogens (tertiary/aromatic N) is 6. The molecular weight excluding hydrogens is 405 g/mol. The van der Waals surface area contributed by atoms with Crippen LogP contribution < -0.4 is 0 Å². The monoisotopic (exact) mass is 430 g/mol. The Morgan fingerprint density at radius 3 is 2.50 bits per heavy atom. The molecule has 0 aromatic carbocycles. The molecular formula is C18H25F3N6O3. The Kier molecular flexibility index (Phi) is 5.23. The van der Waals surface area contributed by atoms with Gasteiger partial charge in [-0.2, -0.15) is 13.2 Å². The molecule has 3 aliphatic rings. The zero-order valence-electron chi connectivity index (χ0n) is 16.8. The summed E-state index contributed by atoms with van der Waals surface area (Å²) in [5.74, 6) is -0.504. The van der Waals surface area contributed by atoms with Crippen LogP contribution >= 0.6 is 0 Å². The minimum absolute atomic E-state index is 0.0199. The maximum Gasteiger partial charge on any atom is 0.451 e. The predicted molar refractivity (Wildman–Crippen MR) is 97.8 cm³/mol. The van der Waals surface area contributed by atoms with Gasteiger partial charge in [0.2, 0.25) is 18.3 Å². The normalized spacial score (nSPS) is 30.5. The van der Waals surface area contributed by atoms with Crippen LogP contribution in [0.15, 0.2) is 0 Å². The number of carbonyl (C=O) groups excluding carboxylic acids is 1. The van der Waals surface area contributed by atoms with E-state index in [0.717, 1.165) is 4.57 Å². The molecule has 0 N–H and O–H groups in total. The van der Waals surface area contributed by atoms with Crippen LogP contribution in [0.3, 0.4) is 0 Å². The number of aromatic nitrogens is 3. The van der Waals surface area contributed by atoms with Gasteiger partial charge in [0, 0.05) is 37.0 Å². The van der Waals surface area contributed by atoms with Crippen LogP contribution in [0.25, 0.3) is 0 Å². The fourth-order valence-corrected chi connectivity index (χ4v) is 5.30. The highest BCUT2D eigenvalue weighted by Crippen LogP contribution is 2.40. The molecule has 1 aromatic rings. The minimum atomic E-state index is -4.53. The molecule has 166 valence electrons. The average molecular weight is 430 g/mol. The van der Waals surface area contributed by atoms with Crippen molar-refractivity contribution in [1.29, 1.82) is 0 Å². The van der Waals surface area contributed by atoms with Crippen LogP contribution in [-0.2, 0) is 24.1 Å². The van der Waals surface area contributed by atoms with Crippen LogP contribution in [-0.4, -0.2) is 66.6 Å². The second kappa shape index (κ2) is 7.47. The Hall–Kier alpha value is -2.24. The topological polar surface area (TPSA) is 97.4 Å². The molecule has 1 unspecified atom stereocenters. The summed E-state index contributed by atoms with van der Waals surface area (Å²) in [6.45, 7) is 3.14. The van der Waals surface area contributed by atoms with Crippen molar-refractivity contribution in [3.63, 3.8) is 0 Å². The van der Waals surface area contributed by atoms with Gasteiger partial charge in [0.15, 0.2) is 0 Å². The first-order valence-electron chi connectivity index (χ1n) is 10.2. The Labute approximate surface area is 171 Å². The lowest BCUT2D eigenvalue weighted by Gasteiger charge is -2.46. The second-order valence-corrected chi connectivity index (χ2v) is 8.82. The summed E-state index contributed by atoms with van der Waals surface area (Å²) < 4.78 is 40.2. The molecule has 30 heavy (non-hydrogen) atoms. The van der Waals surface area contributed by atoms with Crippen molar-refractivity contribution in [1.82, 2.24) is 24.6 Å². The lowest BCUT2D eigenvalue weighted by molar-refractivity contribution is -0.496. The van der Waals surface area contributed by atoms with Crippen LogP contribution in [0.4, 0.5) is 13.2 Å². The zero-order valence-corrected chi connectivity index (χ0v) is 16.8. The molecule has 0 spiro atoms. The maximum absolute atomic E-state index is 13.0. The summed E-state index contributed by atoms with van der Waals surface area (Å²) in [5, 5.41) is 18.4. The molecule has 4 rings (SSSR count). The van der Waals surface area contributed by atoms with Gasteiger partial charge in [-0.25, -0.2) is 0 Å². The standard InChI is InChI=1S/C18H25F3N6O3/c1-12-8-15(28)26(9-12)17(11-27(29)30)4-2-13(3-5-17)24-6-7-25-14(10-24)22-23-16(25)18(19,20)21/h12-13H,2-11H2,1H3. The minimum Gasteiger partial charge on any atom is -0.330 e. The SMILES string of the molecule is CC1CC(=O)N(C2(C[N+](=O)[O-])CCC(N3CCn4c(nnc4C(F)(F)F)C3)CC2)C1. The Bertz CT molecular complexity index is 834. The number of likely N-dealkylation sites (tertiary alicyclic amines) is 1. The lowest BCUT2D eigenvalue weighted by Crippen LogP contribution is -2.58. The quantitative estimate of drug-likeness (QED) is 0.535. The fraction of sp³-hybridized carbons (Fsp3) is 0.833. The summed E-state index contributed by atoms with van der Waals surface area (Å²) in [6.07, 6.45) is -1.74. The third-order valence-electron chi connectivity index (χ3n) is 6.75. The number of rotatable bonds is 4. The van der Waals surface area contributed by atoms with Crippen LogP contribution in [0.1, 0.15) is 50.7 Å². The number of amides is 1. The maximum atomic E-state index is 13.0. The highest BCUT2D eigenvalue weighted by atomic mass is 19.4. The van der Waals surface area contributed by atoms with E-state index in [1.807, 2.05) is 6.92 Å². The number of halogens is 3. The van der Waals surface area contributed by atoms with E-state index in [9.17, 15) is 28.1 Å². The molecule has 1 saturated carbocycles. The van der Waals surface area contributed by atoms with Gasteiger partial charge in [0.25, 0.3) is 0 Å². The third-order valence-corrected chi connectivity index (χ3v) is 6.75. The summed E-state index contributed by atoms with van der Waals surface area (Å²) in [5.41, 5.74) is -0.763. The number of carbonyl (C=O) groups is 1. The molecule has 1 atom stereocenters. The Morgan fingerprint density at radius 2 is 1.93 bits per heavy atom. The van der Waals surface area contributed by atoms with E-state index in [2.05, 4.69) is 15.1 Å². The van der Waals surface area contributed by atoms with E-state index in [0.29, 0.717) is 51.0 Å². The average Bonchev–Trinajstić information content (AvgIpc) is 3.24.